The van der Waals surface area contributed by atoms with Gasteiger partial charge in [-0.1, -0.05) is 6.42 Å². The third kappa shape index (κ3) is 2.02. The van der Waals surface area contributed by atoms with E-state index in [1.807, 2.05) is 0 Å². The van der Waals surface area contributed by atoms with Crippen LogP contribution >= 0.6 is 0 Å². The van der Waals surface area contributed by atoms with Crippen LogP contribution in [0.25, 0.3) is 0 Å². The van der Waals surface area contributed by atoms with Crippen molar-refractivity contribution in [1.82, 2.24) is 10.2 Å². The summed E-state index contributed by atoms with van der Waals surface area (Å²) in [4.78, 5) is 13.8. The van der Waals surface area contributed by atoms with Gasteiger partial charge in [-0.25, -0.2) is 0 Å². The van der Waals surface area contributed by atoms with Crippen LogP contribution in [-0.2, 0) is 4.79 Å². The highest BCUT2D eigenvalue weighted by Gasteiger charge is 2.26. The van der Waals surface area contributed by atoms with Gasteiger partial charge in [-0.15, -0.1) is 0 Å². The van der Waals surface area contributed by atoms with Gasteiger partial charge in [-0.3, -0.25) is 4.79 Å². The molecule has 0 aromatic carbocycles. The van der Waals surface area contributed by atoms with Crippen molar-refractivity contribution in [2.24, 2.45) is 0 Å². The van der Waals surface area contributed by atoms with Gasteiger partial charge in [-0.05, 0) is 25.8 Å². The predicted octanol–water partition coefficient (Wildman–Crippen LogP) is 0.751. The highest BCUT2D eigenvalue weighted by atomic mass is 16.2. The maximum Gasteiger partial charge on any atom is 0.222 e. The molecule has 0 aromatic heterocycles. The average Bonchev–Trinajstić information content (AvgIpc) is 2.56. The summed E-state index contributed by atoms with van der Waals surface area (Å²) >= 11 is 0. The highest BCUT2D eigenvalue weighted by Crippen LogP contribution is 2.16. The first-order valence-corrected chi connectivity index (χ1v) is 5.38. The molecule has 0 aromatic rings. The molecule has 3 nitrogen and oxygen atoms in total. The second kappa shape index (κ2) is 4.09. The largest absolute Gasteiger partial charge is 0.338 e. The van der Waals surface area contributed by atoms with Crippen LogP contribution < -0.4 is 5.32 Å². The molecule has 2 aliphatic rings. The minimum absolute atomic E-state index is 0.381. The van der Waals surface area contributed by atoms with Crippen LogP contribution in [0.3, 0.4) is 0 Å². The summed E-state index contributed by atoms with van der Waals surface area (Å²) in [5.41, 5.74) is 0. The molecule has 1 N–H and O–H groups in total. The van der Waals surface area contributed by atoms with Gasteiger partial charge in [0, 0.05) is 25.6 Å². The molecule has 2 saturated heterocycles. The molecule has 2 rings (SSSR count). The summed E-state index contributed by atoms with van der Waals surface area (Å²) in [5, 5.41) is 3.32. The molecule has 13 heavy (non-hydrogen) atoms. The van der Waals surface area contributed by atoms with E-state index in [1.54, 1.807) is 0 Å². The second-order valence-electron chi connectivity index (χ2n) is 4.04. The van der Waals surface area contributed by atoms with E-state index in [4.69, 9.17) is 0 Å². The first-order chi connectivity index (χ1) is 6.38. The summed E-state index contributed by atoms with van der Waals surface area (Å²) in [6, 6.07) is 0.491. The molecule has 2 aliphatic heterocycles. The summed E-state index contributed by atoms with van der Waals surface area (Å²) in [7, 11) is 0. The van der Waals surface area contributed by atoms with Gasteiger partial charge >= 0.3 is 0 Å². The lowest BCUT2D eigenvalue weighted by molar-refractivity contribution is -0.132. The van der Waals surface area contributed by atoms with E-state index in [0.29, 0.717) is 11.9 Å². The van der Waals surface area contributed by atoms with Gasteiger partial charge in [-0.2, -0.15) is 0 Å². The number of hydrogen-bond acceptors (Lipinski definition) is 2. The molecular formula is C10H18N2O. The fourth-order valence-corrected chi connectivity index (χ4v) is 2.30. The van der Waals surface area contributed by atoms with Crippen molar-refractivity contribution < 1.29 is 4.79 Å². The SMILES string of the molecule is O=C1CCCCCN1C1CCNC1. The molecule has 74 valence electrons. The molecule has 3 heteroatoms. The predicted molar refractivity (Wildman–Crippen MR) is 51.5 cm³/mol. The number of nitrogens with zero attached hydrogens (tertiary/aromatic N) is 1. The molecule has 2 heterocycles. The van der Waals surface area contributed by atoms with Crippen molar-refractivity contribution in [3.63, 3.8) is 0 Å². The van der Waals surface area contributed by atoms with Gasteiger partial charge in [0.05, 0.1) is 0 Å². The van der Waals surface area contributed by atoms with Gasteiger partial charge in [0.25, 0.3) is 0 Å². The number of hydrogen-bond donors (Lipinski definition) is 1. The van der Waals surface area contributed by atoms with E-state index in [1.165, 1.54) is 12.8 Å². The van der Waals surface area contributed by atoms with E-state index in [2.05, 4.69) is 10.2 Å². The van der Waals surface area contributed by atoms with Crippen LogP contribution in [-0.4, -0.2) is 36.5 Å². The molecule has 1 unspecified atom stereocenters. The average molecular weight is 182 g/mol. The Morgan fingerprint density at radius 2 is 2.23 bits per heavy atom. The van der Waals surface area contributed by atoms with Crippen LogP contribution in [0.2, 0.25) is 0 Å². The summed E-state index contributed by atoms with van der Waals surface area (Å²) < 4.78 is 0. The van der Waals surface area contributed by atoms with Crippen LogP contribution in [0, 0.1) is 0 Å². The number of likely N-dealkylation sites (tertiary alicyclic amines) is 1. The fourth-order valence-electron chi connectivity index (χ4n) is 2.30. The molecule has 1 atom stereocenters. The van der Waals surface area contributed by atoms with E-state index < -0.39 is 0 Å². The highest BCUT2D eigenvalue weighted by molar-refractivity contribution is 5.76. The number of carbonyl (C=O) groups is 1. The number of nitrogens with one attached hydrogen (secondary N) is 1. The zero-order valence-electron chi connectivity index (χ0n) is 8.09. The van der Waals surface area contributed by atoms with E-state index in [0.717, 1.165) is 38.9 Å². The number of carbonyl (C=O) groups excluding carboxylic acids is 1. The Hall–Kier alpha value is -0.570. The summed E-state index contributed by atoms with van der Waals surface area (Å²) in [5.74, 6) is 0.381. The van der Waals surface area contributed by atoms with Gasteiger partial charge in [0.15, 0.2) is 0 Å². The monoisotopic (exact) mass is 182 g/mol. The number of rotatable bonds is 1. The van der Waals surface area contributed by atoms with Crippen molar-refractivity contribution in [3.05, 3.63) is 0 Å². The Bertz CT molecular complexity index is 187. The van der Waals surface area contributed by atoms with E-state index in [9.17, 15) is 4.79 Å². The van der Waals surface area contributed by atoms with Crippen molar-refractivity contribution in [2.45, 2.75) is 38.1 Å². The maximum atomic E-state index is 11.7. The maximum absolute atomic E-state index is 11.7. The first-order valence-electron chi connectivity index (χ1n) is 5.38. The van der Waals surface area contributed by atoms with Crippen LogP contribution in [0.4, 0.5) is 0 Å². The Labute approximate surface area is 79.5 Å². The van der Waals surface area contributed by atoms with Crippen LogP contribution in [0.5, 0.6) is 0 Å². The van der Waals surface area contributed by atoms with E-state index >= 15 is 0 Å². The lowest BCUT2D eigenvalue weighted by Gasteiger charge is -2.26. The molecule has 1 amide bonds. The van der Waals surface area contributed by atoms with Gasteiger partial charge in [0.2, 0.25) is 5.91 Å². The summed E-state index contributed by atoms with van der Waals surface area (Å²) in [6.07, 6.45) is 5.43. The minimum Gasteiger partial charge on any atom is -0.338 e. The van der Waals surface area contributed by atoms with Crippen molar-refractivity contribution in [1.29, 1.82) is 0 Å². The third-order valence-corrected chi connectivity index (χ3v) is 3.09. The zero-order chi connectivity index (χ0) is 9.10. The molecule has 0 aliphatic carbocycles. The Balaban J connectivity index is 1.97. The van der Waals surface area contributed by atoms with Crippen LogP contribution in [0.15, 0.2) is 0 Å². The second-order valence-corrected chi connectivity index (χ2v) is 4.04. The van der Waals surface area contributed by atoms with Crippen molar-refractivity contribution >= 4 is 5.91 Å². The van der Waals surface area contributed by atoms with Crippen molar-refractivity contribution in [2.75, 3.05) is 19.6 Å². The Morgan fingerprint density at radius 1 is 1.31 bits per heavy atom. The molecule has 2 fully saturated rings. The number of amides is 1. The molecule has 0 bridgehead atoms. The topological polar surface area (TPSA) is 32.3 Å². The quantitative estimate of drug-likeness (QED) is 0.649. The smallest absolute Gasteiger partial charge is 0.222 e. The van der Waals surface area contributed by atoms with Gasteiger partial charge < -0.3 is 10.2 Å². The van der Waals surface area contributed by atoms with Gasteiger partial charge in [0.1, 0.15) is 0 Å². The molecule has 0 radical (unpaired) electrons. The third-order valence-electron chi connectivity index (χ3n) is 3.09. The Kier molecular flexibility index (Phi) is 2.83. The summed E-state index contributed by atoms with van der Waals surface area (Å²) in [6.45, 7) is 3.07. The minimum atomic E-state index is 0.381. The molecular weight excluding hydrogens is 164 g/mol. The first kappa shape index (κ1) is 9.00. The zero-order valence-corrected chi connectivity index (χ0v) is 8.09. The van der Waals surface area contributed by atoms with Crippen LogP contribution in [0.1, 0.15) is 32.1 Å². The van der Waals surface area contributed by atoms with E-state index in [-0.39, 0.29) is 0 Å². The fraction of sp³-hybridized carbons (Fsp3) is 0.900. The normalized spacial score (nSPS) is 30.6. The lowest BCUT2D eigenvalue weighted by atomic mass is 10.2. The Morgan fingerprint density at radius 3 is 3.00 bits per heavy atom. The van der Waals surface area contributed by atoms with Crippen molar-refractivity contribution in [3.8, 4) is 0 Å². The lowest BCUT2D eigenvalue weighted by Crippen LogP contribution is -2.41. The molecule has 0 spiro atoms. The molecule has 0 saturated carbocycles. The standard InChI is InChI=1S/C10H18N2O/c13-10-4-2-1-3-7-12(10)9-5-6-11-8-9/h9,11H,1-8H2.